The first-order valence-electron chi connectivity index (χ1n) is 7.11. The molecule has 1 aliphatic heterocycles. The van der Waals surface area contributed by atoms with Crippen molar-refractivity contribution >= 4 is 19.9 Å². The van der Waals surface area contributed by atoms with Crippen LogP contribution >= 0.6 is 0 Å². The Bertz CT molecular complexity index is 486. The van der Waals surface area contributed by atoms with Crippen molar-refractivity contribution in [1.29, 1.82) is 0 Å². The number of sulfonamides is 1. The van der Waals surface area contributed by atoms with Crippen LogP contribution in [0.4, 0.5) is 0 Å². The molecule has 8 heteroatoms. The Morgan fingerprint density at radius 1 is 1.25 bits per heavy atom. The second-order valence-electron chi connectivity index (χ2n) is 5.75. The second-order valence-corrected chi connectivity index (χ2v) is 9.91. The second kappa shape index (κ2) is 7.72. The number of unbranched alkanes of at least 4 members (excludes halogenated alkanes) is 1. The Morgan fingerprint density at radius 2 is 1.95 bits per heavy atom. The van der Waals surface area contributed by atoms with Crippen molar-refractivity contribution in [3.05, 3.63) is 0 Å². The highest BCUT2D eigenvalue weighted by Gasteiger charge is 2.28. The highest BCUT2D eigenvalue weighted by Crippen LogP contribution is 2.17. The third-order valence-corrected chi connectivity index (χ3v) is 6.58. The molecular formula is C12H26N2O4S2. The molecule has 0 saturated carbocycles. The molecule has 0 aliphatic carbocycles. The number of rotatable bonds is 9. The fourth-order valence-corrected chi connectivity index (χ4v) is 5.24. The van der Waals surface area contributed by atoms with E-state index in [0.717, 1.165) is 13.0 Å². The van der Waals surface area contributed by atoms with Gasteiger partial charge in [0.2, 0.25) is 10.0 Å². The number of hydrogen-bond donors (Lipinski definition) is 2. The van der Waals surface area contributed by atoms with Gasteiger partial charge in [-0.15, -0.1) is 0 Å². The summed E-state index contributed by atoms with van der Waals surface area (Å²) in [5.74, 6) is 0.317. The first-order chi connectivity index (χ1) is 9.20. The van der Waals surface area contributed by atoms with E-state index in [4.69, 9.17) is 0 Å². The molecule has 0 amide bonds. The van der Waals surface area contributed by atoms with Crippen LogP contribution in [0.2, 0.25) is 0 Å². The molecule has 0 aromatic rings. The molecule has 20 heavy (non-hydrogen) atoms. The van der Waals surface area contributed by atoms with E-state index in [9.17, 15) is 16.8 Å². The van der Waals surface area contributed by atoms with Gasteiger partial charge in [-0.1, -0.05) is 13.8 Å². The smallest absolute Gasteiger partial charge is 0.211 e. The maximum absolute atomic E-state index is 11.8. The van der Waals surface area contributed by atoms with Gasteiger partial charge in [0, 0.05) is 12.6 Å². The summed E-state index contributed by atoms with van der Waals surface area (Å²) in [7, 11) is -6.22. The van der Waals surface area contributed by atoms with Gasteiger partial charge in [0.05, 0.1) is 17.3 Å². The zero-order valence-corrected chi connectivity index (χ0v) is 13.9. The van der Waals surface area contributed by atoms with Crippen LogP contribution in [0.5, 0.6) is 0 Å². The molecule has 2 N–H and O–H groups in total. The van der Waals surface area contributed by atoms with E-state index in [1.807, 2.05) is 13.8 Å². The van der Waals surface area contributed by atoms with Crippen molar-refractivity contribution in [3.63, 3.8) is 0 Å². The van der Waals surface area contributed by atoms with Gasteiger partial charge < -0.3 is 5.32 Å². The average molecular weight is 326 g/mol. The molecule has 1 heterocycles. The fourth-order valence-electron chi connectivity index (χ4n) is 2.16. The Kier molecular flexibility index (Phi) is 6.90. The maximum atomic E-state index is 11.8. The van der Waals surface area contributed by atoms with E-state index in [1.165, 1.54) is 0 Å². The molecule has 1 aliphatic rings. The standard InChI is InChI=1S/C12H26N2O4S2/c1-11(2)13-6-3-4-7-20(17,18)14-9-12-5-8-19(15,16)10-12/h11-14H,3-10H2,1-2H3. The maximum Gasteiger partial charge on any atom is 0.211 e. The van der Waals surface area contributed by atoms with Gasteiger partial charge in [-0.2, -0.15) is 0 Å². The van der Waals surface area contributed by atoms with Crippen LogP contribution in [0.25, 0.3) is 0 Å². The van der Waals surface area contributed by atoms with Crippen molar-refractivity contribution in [2.75, 3.05) is 30.3 Å². The molecule has 0 aromatic carbocycles. The van der Waals surface area contributed by atoms with Gasteiger partial charge in [-0.25, -0.2) is 21.6 Å². The lowest BCUT2D eigenvalue weighted by molar-refractivity contribution is 0.536. The van der Waals surface area contributed by atoms with Gasteiger partial charge >= 0.3 is 0 Å². The summed E-state index contributed by atoms with van der Waals surface area (Å²) in [4.78, 5) is 0. The Balaban J connectivity index is 2.18. The van der Waals surface area contributed by atoms with E-state index in [2.05, 4.69) is 10.0 Å². The van der Waals surface area contributed by atoms with E-state index < -0.39 is 19.9 Å². The third kappa shape index (κ3) is 7.56. The molecule has 0 bridgehead atoms. The summed E-state index contributed by atoms with van der Waals surface area (Å²) >= 11 is 0. The minimum absolute atomic E-state index is 0.0719. The van der Waals surface area contributed by atoms with Crippen LogP contribution in [0, 0.1) is 5.92 Å². The van der Waals surface area contributed by atoms with Crippen LogP contribution < -0.4 is 10.0 Å². The first-order valence-corrected chi connectivity index (χ1v) is 10.6. The molecule has 0 aromatic heterocycles. The Hall–Kier alpha value is -0.180. The summed E-state index contributed by atoms with van der Waals surface area (Å²) in [5.41, 5.74) is 0. The highest BCUT2D eigenvalue weighted by molar-refractivity contribution is 7.91. The Morgan fingerprint density at radius 3 is 2.50 bits per heavy atom. The Labute approximate surface area is 122 Å². The molecule has 1 unspecified atom stereocenters. The predicted octanol–water partition coefficient (Wildman–Crippen LogP) is 0.119. The lowest BCUT2D eigenvalue weighted by atomic mass is 10.1. The molecule has 1 rings (SSSR count). The minimum atomic E-state index is -3.28. The fraction of sp³-hybridized carbons (Fsp3) is 1.00. The third-order valence-electron chi connectivity index (χ3n) is 3.31. The SMILES string of the molecule is CC(C)NCCCCS(=O)(=O)NCC1CCS(=O)(=O)C1. The van der Waals surface area contributed by atoms with Crippen molar-refractivity contribution in [3.8, 4) is 0 Å². The van der Waals surface area contributed by atoms with Crippen LogP contribution in [-0.2, 0) is 19.9 Å². The first kappa shape index (κ1) is 17.9. The lowest BCUT2D eigenvalue weighted by Crippen LogP contribution is -2.32. The number of hydrogen-bond acceptors (Lipinski definition) is 5. The summed E-state index contributed by atoms with van der Waals surface area (Å²) < 4.78 is 48.6. The molecule has 0 radical (unpaired) electrons. The lowest BCUT2D eigenvalue weighted by Gasteiger charge is -2.11. The zero-order valence-electron chi connectivity index (χ0n) is 12.3. The van der Waals surface area contributed by atoms with Crippen LogP contribution in [0.1, 0.15) is 33.1 Å². The summed E-state index contributed by atoms with van der Waals surface area (Å²) in [5, 5.41) is 3.24. The van der Waals surface area contributed by atoms with Crippen LogP contribution in [0.3, 0.4) is 0 Å². The normalized spacial score (nSPS) is 22.4. The van der Waals surface area contributed by atoms with E-state index in [-0.39, 0.29) is 29.7 Å². The van der Waals surface area contributed by atoms with Crippen LogP contribution in [-0.4, -0.2) is 53.2 Å². The largest absolute Gasteiger partial charge is 0.315 e. The molecule has 1 saturated heterocycles. The zero-order chi connectivity index (χ0) is 15.2. The molecule has 6 nitrogen and oxygen atoms in total. The predicted molar refractivity (Wildman–Crippen MR) is 80.9 cm³/mol. The van der Waals surface area contributed by atoms with Gasteiger partial charge in [0.1, 0.15) is 0 Å². The van der Waals surface area contributed by atoms with Crippen molar-refractivity contribution in [1.82, 2.24) is 10.0 Å². The molecule has 1 fully saturated rings. The minimum Gasteiger partial charge on any atom is -0.315 e. The number of nitrogens with one attached hydrogen (secondary N) is 2. The van der Waals surface area contributed by atoms with Crippen LogP contribution in [0.15, 0.2) is 0 Å². The summed E-state index contributed by atoms with van der Waals surface area (Å²) in [6.07, 6.45) is 1.98. The topological polar surface area (TPSA) is 92.3 Å². The van der Waals surface area contributed by atoms with Crippen molar-refractivity contribution in [2.24, 2.45) is 5.92 Å². The molecule has 0 spiro atoms. The van der Waals surface area contributed by atoms with E-state index in [1.54, 1.807) is 0 Å². The van der Waals surface area contributed by atoms with E-state index >= 15 is 0 Å². The van der Waals surface area contributed by atoms with Gasteiger partial charge in [-0.05, 0) is 31.7 Å². The average Bonchev–Trinajstić information content (AvgIpc) is 2.66. The summed E-state index contributed by atoms with van der Waals surface area (Å²) in [6, 6.07) is 0.411. The van der Waals surface area contributed by atoms with Crippen molar-refractivity contribution < 1.29 is 16.8 Å². The monoisotopic (exact) mass is 326 g/mol. The molecular weight excluding hydrogens is 300 g/mol. The molecule has 1 atom stereocenters. The van der Waals surface area contributed by atoms with Crippen molar-refractivity contribution in [2.45, 2.75) is 39.2 Å². The quantitative estimate of drug-likeness (QED) is 0.587. The van der Waals surface area contributed by atoms with Gasteiger partial charge in [-0.3, -0.25) is 0 Å². The van der Waals surface area contributed by atoms with Gasteiger partial charge in [0.15, 0.2) is 9.84 Å². The molecule has 120 valence electrons. The summed E-state index contributed by atoms with van der Waals surface area (Å²) in [6.45, 7) is 5.15. The van der Waals surface area contributed by atoms with Gasteiger partial charge in [0.25, 0.3) is 0 Å². The number of sulfone groups is 1. The highest BCUT2D eigenvalue weighted by atomic mass is 32.2. The van der Waals surface area contributed by atoms with E-state index in [0.29, 0.717) is 18.9 Å².